The van der Waals surface area contributed by atoms with Gasteiger partial charge in [-0.05, 0) is 33.0 Å². The maximum Gasteiger partial charge on any atom is 0.262 e. The maximum atomic E-state index is 15.0. The van der Waals surface area contributed by atoms with Gasteiger partial charge in [-0.3, -0.25) is 14.9 Å². The Kier molecular flexibility index (Phi) is 5.52. The summed E-state index contributed by atoms with van der Waals surface area (Å²) in [6.45, 7) is 7.36. The number of aromatic nitrogens is 3. The van der Waals surface area contributed by atoms with Gasteiger partial charge in [0.2, 0.25) is 10.6 Å². The van der Waals surface area contributed by atoms with Crippen molar-refractivity contribution < 1.29 is 9.18 Å². The van der Waals surface area contributed by atoms with Gasteiger partial charge in [-0.1, -0.05) is 11.3 Å². The average Bonchev–Trinajstić information content (AvgIpc) is 3.13. The Bertz CT molecular complexity index is 1170. The maximum absolute atomic E-state index is 15.0. The van der Waals surface area contributed by atoms with E-state index in [0.717, 1.165) is 26.2 Å². The molecule has 0 bridgehead atoms. The van der Waals surface area contributed by atoms with Crippen molar-refractivity contribution in [2.75, 3.05) is 43.4 Å². The van der Waals surface area contributed by atoms with Crippen molar-refractivity contribution in [1.82, 2.24) is 19.7 Å². The Morgan fingerprint density at radius 1 is 1.23 bits per heavy atom. The summed E-state index contributed by atoms with van der Waals surface area (Å²) in [5.41, 5.74) is 0.543. The Balaban J connectivity index is 1.76. The van der Waals surface area contributed by atoms with Crippen LogP contribution in [-0.4, -0.2) is 58.8 Å². The van der Waals surface area contributed by atoms with Crippen molar-refractivity contribution in [2.24, 2.45) is 0 Å². The first-order valence-corrected chi connectivity index (χ1v) is 10.6. The molecule has 1 N–H and O–H groups in total. The summed E-state index contributed by atoms with van der Waals surface area (Å²) < 4.78 is 16.8. The number of nitrogens with zero attached hydrogens (tertiary/aromatic N) is 5. The van der Waals surface area contributed by atoms with Gasteiger partial charge in [0, 0.05) is 44.3 Å². The Morgan fingerprint density at radius 3 is 2.60 bits per heavy atom. The number of anilines is 2. The highest BCUT2D eigenvalue weighted by molar-refractivity contribution is 7.15. The molecule has 4 rings (SSSR count). The van der Waals surface area contributed by atoms with Gasteiger partial charge in [0.05, 0.1) is 11.2 Å². The number of carbonyl (C=O) groups is 1. The minimum Gasteiger partial charge on any atom is -0.367 e. The average molecular weight is 431 g/mol. The van der Waals surface area contributed by atoms with E-state index in [2.05, 4.69) is 20.4 Å². The zero-order chi connectivity index (χ0) is 21.4. The summed E-state index contributed by atoms with van der Waals surface area (Å²) in [4.78, 5) is 29.9. The fourth-order valence-electron chi connectivity index (χ4n) is 3.62. The first kappa shape index (κ1) is 20.4. The highest BCUT2D eigenvalue weighted by Crippen LogP contribution is 2.26. The van der Waals surface area contributed by atoms with Crippen LogP contribution in [0.15, 0.2) is 23.1 Å². The quantitative estimate of drug-likeness (QED) is 0.684. The first-order chi connectivity index (χ1) is 14.4. The van der Waals surface area contributed by atoms with E-state index in [1.807, 2.05) is 18.9 Å². The van der Waals surface area contributed by atoms with Crippen LogP contribution in [0.2, 0.25) is 0 Å². The second-order valence-electron chi connectivity index (χ2n) is 7.35. The van der Waals surface area contributed by atoms with E-state index in [0.29, 0.717) is 27.9 Å². The SMILES string of the molecule is CCn1cc(C(=O)Nc2nnc(C)s2)c(=O)c2cc(F)c(N3CCN(C)CC3)cc21. The lowest BCUT2D eigenvalue weighted by atomic mass is 10.1. The van der Waals surface area contributed by atoms with Gasteiger partial charge in [-0.2, -0.15) is 0 Å². The largest absolute Gasteiger partial charge is 0.367 e. The van der Waals surface area contributed by atoms with Gasteiger partial charge in [0.25, 0.3) is 5.91 Å². The second kappa shape index (κ2) is 8.11. The van der Waals surface area contributed by atoms with Gasteiger partial charge in [-0.25, -0.2) is 4.39 Å². The van der Waals surface area contributed by atoms with Crippen molar-refractivity contribution in [3.8, 4) is 0 Å². The van der Waals surface area contributed by atoms with Crippen molar-refractivity contribution in [3.63, 3.8) is 0 Å². The number of likely N-dealkylation sites (N-methyl/N-ethyl adjacent to an activating group) is 1. The van der Waals surface area contributed by atoms with Crippen LogP contribution in [0.3, 0.4) is 0 Å². The molecule has 0 aliphatic carbocycles. The molecule has 1 fully saturated rings. The fourth-order valence-corrected chi connectivity index (χ4v) is 4.21. The topological polar surface area (TPSA) is 83.4 Å². The number of halogens is 1. The fraction of sp³-hybridized carbons (Fsp3) is 0.400. The monoisotopic (exact) mass is 430 g/mol. The van der Waals surface area contributed by atoms with Crippen molar-refractivity contribution in [2.45, 2.75) is 20.4 Å². The van der Waals surface area contributed by atoms with Crippen LogP contribution in [0.5, 0.6) is 0 Å². The summed E-state index contributed by atoms with van der Waals surface area (Å²) in [5, 5.41) is 11.5. The Labute approximate surface area is 176 Å². The molecule has 2 aromatic heterocycles. The molecule has 1 aromatic carbocycles. The van der Waals surface area contributed by atoms with E-state index in [9.17, 15) is 14.0 Å². The van der Waals surface area contributed by atoms with Crippen molar-refractivity contribution in [3.05, 3.63) is 44.9 Å². The molecule has 0 atom stereocenters. The number of piperazine rings is 1. The van der Waals surface area contributed by atoms with E-state index in [4.69, 9.17) is 0 Å². The number of carbonyl (C=O) groups excluding carboxylic acids is 1. The molecule has 3 heterocycles. The number of benzene rings is 1. The molecule has 30 heavy (non-hydrogen) atoms. The molecule has 10 heteroatoms. The molecule has 1 saturated heterocycles. The minimum absolute atomic E-state index is 0.0519. The normalized spacial score (nSPS) is 15.0. The van der Waals surface area contributed by atoms with Crippen LogP contribution in [0.25, 0.3) is 10.9 Å². The molecule has 1 amide bonds. The molecule has 8 nitrogen and oxygen atoms in total. The second-order valence-corrected chi connectivity index (χ2v) is 8.53. The third-order valence-corrected chi connectivity index (χ3v) is 6.08. The van der Waals surface area contributed by atoms with E-state index in [1.54, 1.807) is 17.6 Å². The number of rotatable bonds is 4. The number of aryl methyl sites for hydroxylation is 2. The van der Waals surface area contributed by atoms with Gasteiger partial charge in [0.1, 0.15) is 16.4 Å². The summed E-state index contributed by atoms with van der Waals surface area (Å²) >= 11 is 1.22. The summed E-state index contributed by atoms with van der Waals surface area (Å²) in [6, 6.07) is 2.97. The molecule has 0 spiro atoms. The van der Waals surface area contributed by atoms with Crippen molar-refractivity contribution >= 4 is 39.0 Å². The lowest BCUT2D eigenvalue weighted by Gasteiger charge is -2.34. The standard InChI is InChI=1S/C20H23FN6O2S/c1-4-26-11-14(19(29)22-20-24-23-12(2)30-20)18(28)13-9-15(21)17(10-16(13)26)27-7-5-25(3)6-8-27/h9-11H,4-8H2,1-3H3,(H,22,24,29). The van der Waals surface area contributed by atoms with Crippen LogP contribution < -0.4 is 15.6 Å². The first-order valence-electron chi connectivity index (χ1n) is 9.79. The number of fused-ring (bicyclic) bond motifs is 1. The van der Waals surface area contributed by atoms with E-state index in [-0.39, 0.29) is 10.9 Å². The molecule has 1 aliphatic heterocycles. The Hall–Kier alpha value is -2.85. The molecular weight excluding hydrogens is 407 g/mol. The van der Waals surface area contributed by atoms with Gasteiger partial charge < -0.3 is 14.4 Å². The summed E-state index contributed by atoms with van der Waals surface area (Å²) in [6.07, 6.45) is 1.53. The zero-order valence-electron chi connectivity index (χ0n) is 17.1. The highest BCUT2D eigenvalue weighted by atomic mass is 32.1. The minimum atomic E-state index is -0.580. The van der Waals surface area contributed by atoms with Crippen LogP contribution >= 0.6 is 11.3 Å². The Morgan fingerprint density at radius 2 is 1.97 bits per heavy atom. The van der Waals surface area contributed by atoms with Crippen LogP contribution in [0.1, 0.15) is 22.3 Å². The zero-order valence-corrected chi connectivity index (χ0v) is 17.9. The van der Waals surface area contributed by atoms with Crippen LogP contribution in [-0.2, 0) is 6.54 Å². The molecule has 3 aromatic rings. The lowest BCUT2D eigenvalue weighted by Crippen LogP contribution is -2.44. The van der Waals surface area contributed by atoms with Gasteiger partial charge in [-0.15, -0.1) is 10.2 Å². The lowest BCUT2D eigenvalue weighted by molar-refractivity contribution is 0.102. The highest BCUT2D eigenvalue weighted by Gasteiger charge is 2.22. The number of hydrogen-bond donors (Lipinski definition) is 1. The molecule has 0 saturated carbocycles. The summed E-state index contributed by atoms with van der Waals surface area (Å²) in [7, 11) is 2.04. The van der Waals surface area contributed by atoms with Gasteiger partial charge >= 0.3 is 0 Å². The number of pyridine rings is 1. The van der Waals surface area contributed by atoms with E-state index >= 15 is 0 Å². The molecular formula is C20H23FN6O2S. The third-order valence-electron chi connectivity index (χ3n) is 5.32. The number of hydrogen-bond acceptors (Lipinski definition) is 7. The molecule has 0 radical (unpaired) electrons. The number of nitrogens with one attached hydrogen (secondary N) is 1. The molecule has 1 aliphatic rings. The van der Waals surface area contributed by atoms with Gasteiger partial charge in [0.15, 0.2) is 0 Å². The predicted molar refractivity (Wildman–Crippen MR) is 116 cm³/mol. The van der Waals surface area contributed by atoms with E-state index in [1.165, 1.54) is 23.6 Å². The molecule has 0 unspecified atom stereocenters. The van der Waals surface area contributed by atoms with Crippen molar-refractivity contribution in [1.29, 1.82) is 0 Å². The number of amides is 1. The molecule has 158 valence electrons. The predicted octanol–water partition coefficient (Wildman–Crippen LogP) is 2.32. The third kappa shape index (κ3) is 3.80. The van der Waals surface area contributed by atoms with Crippen LogP contribution in [0.4, 0.5) is 15.2 Å². The smallest absolute Gasteiger partial charge is 0.262 e. The van der Waals surface area contributed by atoms with E-state index < -0.39 is 17.2 Å². The van der Waals surface area contributed by atoms with Crippen LogP contribution in [0, 0.1) is 12.7 Å². The summed E-state index contributed by atoms with van der Waals surface area (Å²) in [5.74, 6) is -1.03.